The summed E-state index contributed by atoms with van der Waals surface area (Å²) in [6.07, 6.45) is 5.33. The van der Waals surface area contributed by atoms with Gasteiger partial charge in [0.1, 0.15) is 5.15 Å². The first-order valence-corrected chi connectivity index (χ1v) is 6.00. The first-order chi connectivity index (χ1) is 8.29. The Morgan fingerprint density at radius 1 is 1.24 bits per heavy atom. The third-order valence-corrected chi connectivity index (χ3v) is 2.59. The Morgan fingerprint density at radius 2 is 2.06 bits per heavy atom. The number of anilines is 2. The predicted molar refractivity (Wildman–Crippen MR) is 70.8 cm³/mol. The Labute approximate surface area is 106 Å². The lowest BCUT2D eigenvalue weighted by molar-refractivity contribution is 0.923. The molecule has 0 saturated carbocycles. The molecule has 0 aliphatic carbocycles. The number of rotatable bonds is 4. The standard InChI is InChI=1S/C13H14ClN3/c1-2-5-10-6-3-4-7-11(10)16-13-9-15-8-12(14)17-13/h3-4,6-9H,2,5H2,1H3,(H,16,17). The van der Waals surface area contributed by atoms with Gasteiger partial charge in [0.25, 0.3) is 0 Å². The van der Waals surface area contributed by atoms with Crippen LogP contribution in [-0.2, 0) is 6.42 Å². The molecule has 1 N–H and O–H groups in total. The lowest BCUT2D eigenvalue weighted by atomic mass is 10.1. The molecule has 0 spiro atoms. The molecule has 2 rings (SSSR count). The summed E-state index contributed by atoms with van der Waals surface area (Å²) in [5.74, 6) is 0.668. The highest BCUT2D eigenvalue weighted by atomic mass is 35.5. The van der Waals surface area contributed by atoms with Gasteiger partial charge in [0, 0.05) is 5.69 Å². The summed E-state index contributed by atoms with van der Waals surface area (Å²) in [4.78, 5) is 8.16. The van der Waals surface area contributed by atoms with E-state index in [9.17, 15) is 0 Å². The van der Waals surface area contributed by atoms with Crippen LogP contribution in [-0.4, -0.2) is 9.97 Å². The van der Waals surface area contributed by atoms with Gasteiger partial charge in [0.2, 0.25) is 0 Å². The van der Waals surface area contributed by atoms with Crippen LogP contribution in [0, 0.1) is 0 Å². The van der Waals surface area contributed by atoms with Gasteiger partial charge in [0.05, 0.1) is 12.4 Å². The number of nitrogens with one attached hydrogen (secondary N) is 1. The van der Waals surface area contributed by atoms with Crippen LogP contribution in [0.25, 0.3) is 0 Å². The highest BCUT2D eigenvalue weighted by molar-refractivity contribution is 6.29. The monoisotopic (exact) mass is 247 g/mol. The molecule has 0 atom stereocenters. The van der Waals surface area contributed by atoms with E-state index in [-0.39, 0.29) is 0 Å². The number of aromatic nitrogens is 2. The zero-order valence-corrected chi connectivity index (χ0v) is 10.4. The van der Waals surface area contributed by atoms with E-state index < -0.39 is 0 Å². The van der Waals surface area contributed by atoms with E-state index >= 15 is 0 Å². The molecule has 88 valence electrons. The summed E-state index contributed by atoms with van der Waals surface area (Å²) in [6.45, 7) is 2.16. The van der Waals surface area contributed by atoms with E-state index in [2.05, 4.69) is 28.3 Å². The molecule has 0 fully saturated rings. The number of nitrogens with zero attached hydrogens (tertiary/aromatic N) is 2. The van der Waals surface area contributed by atoms with E-state index in [0.717, 1.165) is 18.5 Å². The van der Waals surface area contributed by atoms with Gasteiger partial charge in [-0.2, -0.15) is 0 Å². The average Bonchev–Trinajstić information content (AvgIpc) is 2.32. The van der Waals surface area contributed by atoms with Crippen LogP contribution in [0.1, 0.15) is 18.9 Å². The van der Waals surface area contributed by atoms with Gasteiger partial charge in [-0.15, -0.1) is 0 Å². The van der Waals surface area contributed by atoms with Crippen molar-refractivity contribution >= 4 is 23.1 Å². The molecule has 0 unspecified atom stereocenters. The first-order valence-electron chi connectivity index (χ1n) is 5.62. The zero-order valence-electron chi connectivity index (χ0n) is 9.65. The van der Waals surface area contributed by atoms with Crippen molar-refractivity contribution in [2.75, 3.05) is 5.32 Å². The SMILES string of the molecule is CCCc1ccccc1Nc1cncc(Cl)n1. The lowest BCUT2D eigenvalue weighted by Crippen LogP contribution is -1.98. The molecule has 4 heteroatoms. The Kier molecular flexibility index (Phi) is 3.94. The van der Waals surface area contributed by atoms with Crippen molar-refractivity contribution in [3.63, 3.8) is 0 Å². The van der Waals surface area contributed by atoms with Crippen LogP contribution in [0.5, 0.6) is 0 Å². The summed E-state index contributed by atoms with van der Waals surface area (Å²) >= 11 is 5.80. The second kappa shape index (κ2) is 5.64. The maximum Gasteiger partial charge on any atom is 0.150 e. The van der Waals surface area contributed by atoms with E-state index in [1.807, 2.05) is 18.2 Å². The van der Waals surface area contributed by atoms with E-state index in [1.165, 1.54) is 11.8 Å². The van der Waals surface area contributed by atoms with Crippen LogP contribution in [0.2, 0.25) is 5.15 Å². The largest absolute Gasteiger partial charge is 0.339 e. The lowest BCUT2D eigenvalue weighted by Gasteiger charge is -2.10. The second-order valence-corrected chi connectivity index (χ2v) is 4.15. The van der Waals surface area contributed by atoms with Crippen LogP contribution in [0.4, 0.5) is 11.5 Å². The molecule has 1 aromatic heterocycles. The number of para-hydroxylation sites is 1. The fraction of sp³-hybridized carbons (Fsp3) is 0.231. The van der Waals surface area contributed by atoms with Gasteiger partial charge in [-0.3, -0.25) is 4.98 Å². The predicted octanol–water partition coefficient (Wildman–Crippen LogP) is 3.83. The maximum absolute atomic E-state index is 5.80. The Balaban J connectivity index is 2.23. The third kappa shape index (κ3) is 3.17. The minimum Gasteiger partial charge on any atom is -0.339 e. The number of aryl methyl sites for hydroxylation is 1. The average molecular weight is 248 g/mol. The van der Waals surface area contributed by atoms with Crippen molar-refractivity contribution in [3.05, 3.63) is 47.4 Å². The Morgan fingerprint density at radius 3 is 2.82 bits per heavy atom. The van der Waals surface area contributed by atoms with Gasteiger partial charge in [-0.25, -0.2) is 4.98 Å². The van der Waals surface area contributed by atoms with E-state index in [4.69, 9.17) is 11.6 Å². The maximum atomic E-state index is 5.80. The van der Waals surface area contributed by atoms with Crippen molar-refractivity contribution < 1.29 is 0 Å². The highest BCUT2D eigenvalue weighted by Gasteiger charge is 2.02. The number of hydrogen-bond acceptors (Lipinski definition) is 3. The third-order valence-electron chi connectivity index (χ3n) is 2.40. The van der Waals surface area contributed by atoms with Crippen LogP contribution in [0.15, 0.2) is 36.7 Å². The van der Waals surface area contributed by atoms with Gasteiger partial charge in [0.15, 0.2) is 5.82 Å². The molecule has 0 bridgehead atoms. The van der Waals surface area contributed by atoms with Gasteiger partial charge >= 0.3 is 0 Å². The number of halogens is 1. The second-order valence-electron chi connectivity index (χ2n) is 3.76. The molecule has 0 saturated heterocycles. The smallest absolute Gasteiger partial charge is 0.150 e. The Bertz CT molecular complexity index is 500. The van der Waals surface area contributed by atoms with Gasteiger partial charge < -0.3 is 5.32 Å². The number of hydrogen-bond donors (Lipinski definition) is 1. The molecule has 0 aliphatic rings. The van der Waals surface area contributed by atoms with Crippen LogP contribution < -0.4 is 5.32 Å². The van der Waals surface area contributed by atoms with Crippen molar-refractivity contribution in [1.82, 2.24) is 9.97 Å². The quantitative estimate of drug-likeness (QED) is 0.892. The van der Waals surface area contributed by atoms with Gasteiger partial charge in [-0.05, 0) is 18.1 Å². The van der Waals surface area contributed by atoms with Crippen molar-refractivity contribution in [1.29, 1.82) is 0 Å². The molecule has 0 amide bonds. The summed E-state index contributed by atoms with van der Waals surface area (Å²) < 4.78 is 0. The molecule has 0 radical (unpaired) electrons. The number of benzene rings is 1. The first kappa shape index (κ1) is 11.9. The van der Waals surface area contributed by atoms with Crippen molar-refractivity contribution in [3.8, 4) is 0 Å². The van der Waals surface area contributed by atoms with E-state index in [0.29, 0.717) is 11.0 Å². The van der Waals surface area contributed by atoms with Crippen LogP contribution in [0.3, 0.4) is 0 Å². The summed E-state index contributed by atoms with van der Waals surface area (Å²) in [5.41, 5.74) is 2.34. The minimum absolute atomic E-state index is 0.392. The molecule has 3 nitrogen and oxygen atoms in total. The Hall–Kier alpha value is -1.61. The summed E-state index contributed by atoms with van der Waals surface area (Å²) in [7, 11) is 0. The zero-order chi connectivity index (χ0) is 12.1. The molecule has 1 heterocycles. The molecule has 0 aliphatic heterocycles. The molecule has 2 aromatic rings. The topological polar surface area (TPSA) is 37.8 Å². The normalized spacial score (nSPS) is 10.2. The fourth-order valence-corrected chi connectivity index (χ4v) is 1.82. The molecular weight excluding hydrogens is 234 g/mol. The molecule has 1 aromatic carbocycles. The van der Waals surface area contributed by atoms with Gasteiger partial charge in [-0.1, -0.05) is 43.1 Å². The van der Waals surface area contributed by atoms with Crippen LogP contribution >= 0.6 is 11.6 Å². The minimum atomic E-state index is 0.392. The fourth-order valence-electron chi connectivity index (χ4n) is 1.67. The van der Waals surface area contributed by atoms with Crippen molar-refractivity contribution in [2.24, 2.45) is 0 Å². The van der Waals surface area contributed by atoms with Crippen molar-refractivity contribution in [2.45, 2.75) is 19.8 Å². The molecule has 17 heavy (non-hydrogen) atoms. The molecular formula is C13H14ClN3. The van der Waals surface area contributed by atoms with E-state index in [1.54, 1.807) is 6.20 Å². The summed E-state index contributed by atoms with van der Waals surface area (Å²) in [5, 5.41) is 3.63. The summed E-state index contributed by atoms with van der Waals surface area (Å²) in [6, 6.07) is 8.19. The highest BCUT2D eigenvalue weighted by Crippen LogP contribution is 2.21.